The van der Waals surface area contributed by atoms with E-state index < -0.39 is 5.54 Å². The number of hydrogen-bond donors (Lipinski definition) is 1. The van der Waals surface area contributed by atoms with Gasteiger partial charge in [0.05, 0.1) is 17.1 Å². The molecule has 1 saturated carbocycles. The van der Waals surface area contributed by atoms with Gasteiger partial charge in [0.15, 0.2) is 5.69 Å². The summed E-state index contributed by atoms with van der Waals surface area (Å²) in [7, 11) is 0. The van der Waals surface area contributed by atoms with Gasteiger partial charge in [0.2, 0.25) is 5.91 Å². The van der Waals surface area contributed by atoms with Crippen LogP contribution in [0.3, 0.4) is 0 Å². The first-order valence-corrected chi connectivity index (χ1v) is 12.7. The zero-order valence-corrected chi connectivity index (χ0v) is 21.1. The van der Waals surface area contributed by atoms with E-state index in [0.717, 1.165) is 54.1 Å². The number of carbonyl (C=O) groups is 1. The van der Waals surface area contributed by atoms with E-state index in [-0.39, 0.29) is 11.9 Å². The number of rotatable bonds is 4. The van der Waals surface area contributed by atoms with Gasteiger partial charge in [-0.25, -0.2) is 0 Å². The van der Waals surface area contributed by atoms with Crippen LogP contribution in [0.15, 0.2) is 42.5 Å². The van der Waals surface area contributed by atoms with E-state index in [0.29, 0.717) is 28.8 Å². The lowest BCUT2D eigenvalue weighted by atomic mass is 9.94. The van der Waals surface area contributed by atoms with E-state index in [1.165, 1.54) is 5.57 Å². The molecule has 6 nitrogen and oxygen atoms in total. The van der Waals surface area contributed by atoms with Crippen LogP contribution in [-0.2, 0) is 4.79 Å². The van der Waals surface area contributed by atoms with Crippen LogP contribution < -0.4 is 5.73 Å². The molecule has 0 saturated heterocycles. The van der Waals surface area contributed by atoms with Crippen molar-refractivity contribution in [2.45, 2.75) is 50.6 Å². The van der Waals surface area contributed by atoms with Crippen LogP contribution in [0.4, 0.5) is 0 Å². The van der Waals surface area contributed by atoms with E-state index >= 15 is 0 Å². The van der Waals surface area contributed by atoms with E-state index in [4.69, 9.17) is 28.9 Å². The minimum Gasteiger partial charge on any atom is -0.337 e. The number of benzene rings is 2. The van der Waals surface area contributed by atoms with Gasteiger partial charge < -0.3 is 10.6 Å². The molecule has 2 aliphatic rings. The monoisotopic (exact) mass is 507 g/mol. The molecule has 1 amide bonds. The Morgan fingerprint density at radius 1 is 1.20 bits per heavy atom. The summed E-state index contributed by atoms with van der Waals surface area (Å²) < 4.78 is 1.85. The van der Waals surface area contributed by atoms with Gasteiger partial charge >= 0.3 is 0 Å². The van der Waals surface area contributed by atoms with Crippen LogP contribution in [0.1, 0.15) is 61.9 Å². The van der Waals surface area contributed by atoms with Gasteiger partial charge in [-0.2, -0.15) is 10.4 Å². The van der Waals surface area contributed by atoms with Crippen LogP contribution in [-0.4, -0.2) is 39.2 Å². The summed E-state index contributed by atoms with van der Waals surface area (Å²) in [4.78, 5) is 14.9. The maximum Gasteiger partial charge on any atom is 0.242 e. The van der Waals surface area contributed by atoms with Crippen LogP contribution in [0.2, 0.25) is 10.0 Å². The van der Waals surface area contributed by atoms with Crippen molar-refractivity contribution >= 4 is 45.6 Å². The van der Waals surface area contributed by atoms with Crippen LogP contribution in [0, 0.1) is 11.3 Å². The van der Waals surface area contributed by atoms with Gasteiger partial charge in [-0.3, -0.25) is 9.48 Å². The fourth-order valence-electron chi connectivity index (χ4n) is 5.34. The highest BCUT2D eigenvalue weighted by molar-refractivity contribution is 6.35. The zero-order valence-electron chi connectivity index (χ0n) is 19.6. The summed E-state index contributed by atoms with van der Waals surface area (Å²) in [5, 5.41) is 16.2. The van der Waals surface area contributed by atoms with Crippen molar-refractivity contribution in [2.75, 3.05) is 13.1 Å². The molecule has 1 atom stereocenters. The molecule has 35 heavy (non-hydrogen) atoms. The molecular formula is C27H27Cl2N5O. The van der Waals surface area contributed by atoms with Crippen LogP contribution >= 0.6 is 23.2 Å². The average molecular weight is 508 g/mol. The molecule has 1 aromatic heterocycles. The Hall–Kier alpha value is -2.85. The van der Waals surface area contributed by atoms with E-state index in [9.17, 15) is 10.1 Å². The number of fused-ring (bicyclic) bond motifs is 1. The average Bonchev–Trinajstić information content (AvgIpc) is 3.47. The highest BCUT2D eigenvalue weighted by Gasteiger charge is 2.40. The summed E-state index contributed by atoms with van der Waals surface area (Å²) >= 11 is 12.6. The molecule has 2 heterocycles. The third kappa shape index (κ3) is 4.33. The number of halogens is 2. The van der Waals surface area contributed by atoms with E-state index in [1.54, 1.807) is 12.1 Å². The highest BCUT2D eigenvalue weighted by atomic mass is 35.5. The fourth-order valence-corrected chi connectivity index (χ4v) is 5.90. The molecule has 2 N–H and O–H groups in total. The van der Waals surface area contributed by atoms with Crippen LogP contribution in [0.5, 0.6) is 0 Å². The van der Waals surface area contributed by atoms with Crippen LogP contribution in [0.25, 0.3) is 16.5 Å². The molecule has 8 heteroatoms. The summed E-state index contributed by atoms with van der Waals surface area (Å²) in [5.41, 5.74) is 10.1. The van der Waals surface area contributed by atoms with Gasteiger partial charge in [0.25, 0.3) is 0 Å². The Kier molecular flexibility index (Phi) is 6.35. The first-order chi connectivity index (χ1) is 16.8. The van der Waals surface area contributed by atoms with Crippen molar-refractivity contribution in [2.24, 2.45) is 5.73 Å². The molecule has 0 radical (unpaired) electrons. The summed E-state index contributed by atoms with van der Waals surface area (Å²) in [6.45, 7) is 3.22. The lowest BCUT2D eigenvalue weighted by molar-refractivity contribution is -0.136. The molecule has 3 aromatic rings. The van der Waals surface area contributed by atoms with Crippen molar-refractivity contribution in [1.82, 2.24) is 14.7 Å². The Morgan fingerprint density at radius 3 is 2.63 bits per heavy atom. The highest BCUT2D eigenvalue weighted by Crippen LogP contribution is 2.34. The molecular weight excluding hydrogens is 481 g/mol. The van der Waals surface area contributed by atoms with Crippen molar-refractivity contribution in [1.29, 1.82) is 5.26 Å². The molecule has 1 aliphatic heterocycles. The maximum absolute atomic E-state index is 13.0. The summed E-state index contributed by atoms with van der Waals surface area (Å²) in [6, 6.07) is 13.5. The largest absolute Gasteiger partial charge is 0.337 e. The Labute approximate surface area is 214 Å². The molecule has 1 unspecified atom stereocenters. The third-order valence-electron chi connectivity index (χ3n) is 7.38. The first-order valence-electron chi connectivity index (χ1n) is 12.0. The van der Waals surface area contributed by atoms with Gasteiger partial charge in [0, 0.05) is 28.5 Å². The predicted octanol–water partition coefficient (Wildman–Crippen LogP) is 5.71. The second kappa shape index (κ2) is 9.31. The normalized spacial score (nSPS) is 18.4. The molecule has 2 aromatic carbocycles. The molecule has 0 spiro atoms. The fraction of sp³-hybridized carbons (Fsp3) is 0.370. The second-order valence-electron chi connectivity index (χ2n) is 9.57. The third-order valence-corrected chi connectivity index (χ3v) is 7.94. The number of aromatic nitrogens is 2. The molecule has 5 rings (SSSR count). The lowest BCUT2D eigenvalue weighted by Gasteiger charge is -2.33. The summed E-state index contributed by atoms with van der Waals surface area (Å²) in [5.74, 6) is 0.0751. The Morgan fingerprint density at radius 2 is 1.97 bits per heavy atom. The minimum absolute atomic E-state index is 0.0751. The molecule has 180 valence electrons. The minimum atomic E-state index is -0.691. The standard InChI is InChI=1S/C27H27Cl2N5O/c1-17(21-7-5-20(28)15-23(21)29)34-25-14-19(4-6-22(25)24(16-30)32-34)18-8-12-33(13-9-18)26(35)27(31)10-2-3-11-27/h4-8,14-15,17H,2-3,9-13,31H2,1H3. The van der Waals surface area contributed by atoms with Crippen molar-refractivity contribution in [3.05, 3.63) is 69.3 Å². The van der Waals surface area contributed by atoms with E-state index in [1.807, 2.05) is 34.7 Å². The zero-order chi connectivity index (χ0) is 24.7. The number of amides is 1. The smallest absolute Gasteiger partial charge is 0.242 e. The number of nitrogens with zero attached hydrogens (tertiary/aromatic N) is 4. The van der Waals surface area contributed by atoms with Gasteiger partial charge in [-0.05, 0) is 67.2 Å². The van der Waals surface area contributed by atoms with Crippen molar-refractivity contribution in [3.8, 4) is 6.07 Å². The first kappa shape index (κ1) is 23.9. The maximum atomic E-state index is 13.0. The Balaban J connectivity index is 1.46. The van der Waals surface area contributed by atoms with Gasteiger partial charge in [0.1, 0.15) is 6.07 Å². The SMILES string of the molecule is CC(c1ccc(Cl)cc1Cl)n1nc(C#N)c2ccc(C3=CCN(C(=O)C4(N)CCCC4)CC3)cc21. The molecule has 1 fully saturated rings. The number of carbonyl (C=O) groups excluding carboxylic acids is 1. The lowest BCUT2D eigenvalue weighted by Crippen LogP contribution is -2.54. The predicted molar refractivity (Wildman–Crippen MR) is 139 cm³/mol. The molecule has 1 aliphatic carbocycles. The van der Waals surface area contributed by atoms with Gasteiger partial charge in [-0.1, -0.05) is 54.3 Å². The van der Waals surface area contributed by atoms with Crippen molar-refractivity contribution in [3.63, 3.8) is 0 Å². The molecule has 0 bridgehead atoms. The number of nitrogens with two attached hydrogens (primary N) is 1. The van der Waals surface area contributed by atoms with Gasteiger partial charge in [-0.15, -0.1) is 0 Å². The number of hydrogen-bond acceptors (Lipinski definition) is 4. The van der Waals surface area contributed by atoms with E-state index in [2.05, 4.69) is 23.3 Å². The number of nitriles is 1. The summed E-state index contributed by atoms with van der Waals surface area (Å²) in [6.07, 6.45) is 6.47. The quantitative estimate of drug-likeness (QED) is 0.489. The Bertz CT molecular complexity index is 1380. The topological polar surface area (TPSA) is 87.9 Å². The second-order valence-corrected chi connectivity index (χ2v) is 10.4. The van der Waals surface area contributed by atoms with Crippen molar-refractivity contribution < 1.29 is 4.79 Å².